The van der Waals surface area contributed by atoms with Crippen LogP contribution in [0, 0.1) is 0 Å². The Morgan fingerprint density at radius 2 is 1.92 bits per heavy atom. The van der Waals surface area contributed by atoms with Crippen LogP contribution in [0.2, 0.25) is 0 Å². The minimum Gasteiger partial charge on any atom is -0.324 e. The van der Waals surface area contributed by atoms with Crippen molar-refractivity contribution in [2.75, 3.05) is 11.1 Å². The van der Waals surface area contributed by atoms with Gasteiger partial charge in [0.25, 0.3) is 0 Å². The van der Waals surface area contributed by atoms with Gasteiger partial charge in [-0.25, -0.2) is 0 Å². The lowest BCUT2D eigenvalue weighted by Gasteiger charge is -2.30. The lowest BCUT2D eigenvalue weighted by molar-refractivity contribution is -0.135. The maximum Gasteiger partial charge on any atom is 0.248 e. The van der Waals surface area contributed by atoms with Gasteiger partial charge in [0.15, 0.2) is 0 Å². The molecule has 2 atom stereocenters. The number of nitrogens with zero attached hydrogens (tertiary/aromatic N) is 1. The number of nitrogens with one attached hydrogen (secondary N) is 1. The summed E-state index contributed by atoms with van der Waals surface area (Å²) in [6, 6.07) is 17.7. The lowest BCUT2D eigenvalue weighted by atomic mass is 10.0. The summed E-state index contributed by atoms with van der Waals surface area (Å²) in [7, 11) is 0. The van der Waals surface area contributed by atoms with Crippen molar-refractivity contribution in [3.63, 3.8) is 0 Å². The van der Waals surface area contributed by atoms with Crippen LogP contribution in [-0.4, -0.2) is 33.4 Å². The van der Waals surface area contributed by atoms with Crippen molar-refractivity contribution in [2.45, 2.75) is 37.1 Å². The zero-order chi connectivity index (χ0) is 18.1. The van der Waals surface area contributed by atoms with Crippen molar-refractivity contribution < 1.29 is 9.59 Å². The van der Waals surface area contributed by atoms with E-state index < -0.39 is 0 Å². The van der Waals surface area contributed by atoms with Crippen molar-refractivity contribution in [3.05, 3.63) is 65.7 Å². The van der Waals surface area contributed by atoms with Gasteiger partial charge < -0.3 is 10.2 Å². The number of carbonyl (C=O) groups excluding carboxylic acids is 2. The lowest BCUT2D eigenvalue weighted by Crippen LogP contribution is -2.48. The molecule has 4 rings (SSSR count). The van der Waals surface area contributed by atoms with Gasteiger partial charge in [-0.15, -0.1) is 11.8 Å². The van der Waals surface area contributed by atoms with E-state index in [0.29, 0.717) is 12.2 Å². The molecule has 1 N–H and O–H groups in total. The molecule has 2 aliphatic heterocycles. The van der Waals surface area contributed by atoms with E-state index in [1.165, 1.54) is 5.56 Å². The Labute approximate surface area is 158 Å². The molecule has 0 spiro atoms. The number of para-hydroxylation sites is 1. The highest BCUT2D eigenvalue weighted by molar-refractivity contribution is 8.01. The molecule has 2 heterocycles. The van der Waals surface area contributed by atoms with Crippen molar-refractivity contribution in [3.8, 4) is 0 Å². The number of hydrogen-bond donors (Lipinski definition) is 1. The second-order valence-electron chi connectivity index (χ2n) is 7.07. The molecule has 0 radical (unpaired) electrons. The molecule has 4 nitrogen and oxygen atoms in total. The molecule has 0 bridgehead atoms. The third-order valence-corrected chi connectivity index (χ3v) is 6.77. The second-order valence-corrected chi connectivity index (χ2v) is 8.58. The van der Waals surface area contributed by atoms with E-state index in [4.69, 9.17) is 0 Å². The van der Waals surface area contributed by atoms with Crippen LogP contribution in [0.25, 0.3) is 0 Å². The molecule has 0 unspecified atom stereocenters. The fraction of sp³-hybridized carbons (Fsp3) is 0.333. The van der Waals surface area contributed by atoms with E-state index in [1.807, 2.05) is 42.5 Å². The zero-order valence-corrected chi connectivity index (χ0v) is 15.6. The topological polar surface area (TPSA) is 49.4 Å². The minimum atomic E-state index is -0.384. The Kier molecular flexibility index (Phi) is 4.49. The van der Waals surface area contributed by atoms with Gasteiger partial charge in [-0.1, -0.05) is 48.5 Å². The number of benzene rings is 2. The van der Waals surface area contributed by atoms with Crippen molar-refractivity contribution in [2.24, 2.45) is 0 Å². The molecule has 134 valence electrons. The van der Waals surface area contributed by atoms with Gasteiger partial charge in [0.2, 0.25) is 11.8 Å². The summed E-state index contributed by atoms with van der Waals surface area (Å²) < 4.78 is 0. The fourth-order valence-corrected chi connectivity index (χ4v) is 5.27. The smallest absolute Gasteiger partial charge is 0.248 e. The SMILES string of the molecule is C[C@@]12CCC(=O)N1[C@@H](C(=O)Nc1ccccc1Cc1ccccc1)CS2. The number of anilines is 1. The Hall–Kier alpha value is -2.27. The molecule has 2 amide bonds. The average molecular weight is 366 g/mol. The van der Waals surface area contributed by atoms with Crippen LogP contribution < -0.4 is 5.32 Å². The highest BCUT2D eigenvalue weighted by Crippen LogP contribution is 2.47. The predicted octanol–water partition coefficient (Wildman–Crippen LogP) is 3.67. The zero-order valence-electron chi connectivity index (χ0n) is 14.8. The Bertz CT molecular complexity index is 839. The molecule has 0 aliphatic carbocycles. The first-order valence-corrected chi connectivity index (χ1v) is 9.94. The number of fused-ring (bicyclic) bond motifs is 1. The molecule has 0 saturated carbocycles. The van der Waals surface area contributed by atoms with Crippen LogP contribution in [0.3, 0.4) is 0 Å². The van der Waals surface area contributed by atoms with E-state index >= 15 is 0 Å². The fourth-order valence-electron chi connectivity index (χ4n) is 3.84. The van der Waals surface area contributed by atoms with Crippen LogP contribution in [0.15, 0.2) is 54.6 Å². The number of rotatable bonds is 4. The summed E-state index contributed by atoms with van der Waals surface area (Å²) in [5.41, 5.74) is 3.10. The van der Waals surface area contributed by atoms with E-state index in [1.54, 1.807) is 16.7 Å². The number of hydrogen-bond acceptors (Lipinski definition) is 3. The standard InChI is InChI=1S/C21H22N2O2S/c1-21-12-11-19(24)23(21)18(14-26-21)20(25)22-17-10-6-5-9-16(17)13-15-7-3-2-4-8-15/h2-10,18H,11-14H2,1H3,(H,22,25)/t18-,21-/m1/s1. The predicted molar refractivity (Wildman–Crippen MR) is 105 cm³/mol. The Morgan fingerprint density at radius 1 is 1.19 bits per heavy atom. The third kappa shape index (κ3) is 3.12. The van der Waals surface area contributed by atoms with Gasteiger partial charge >= 0.3 is 0 Å². The van der Waals surface area contributed by atoms with E-state index in [9.17, 15) is 9.59 Å². The molecular weight excluding hydrogens is 344 g/mol. The summed E-state index contributed by atoms with van der Waals surface area (Å²) in [5, 5.41) is 3.08. The first kappa shape index (κ1) is 17.2. The third-order valence-electron chi connectivity index (χ3n) is 5.26. The summed E-state index contributed by atoms with van der Waals surface area (Å²) in [5.74, 6) is 0.668. The van der Waals surface area contributed by atoms with Gasteiger partial charge in [-0.05, 0) is 37.0 Å². The second kappa shape index (κ2) is 6.80. The van der Waals surface area contributed by atoms with Crippen LogP contribution in [0.5, 0.6) is 0 Å². The average Bonchev–Trinajstić information content (AvgIpc) is 3.14. The molecule has 0 aromatic heterocycles. The van der Waals surface area contributed by atoms with Gasteiger partial charge in [-0.3, -0.25) is 9.59 Å². The Morgan fingerprint density at radius 3 is 2.73 bits per heavy atom. The monoisotopic (exact) mass is 366 g/mol. The maximum atomic E-state index is 12.9. The van der Waals surface area contributed by atoms with Crippen LogP contribution in [0.1, 0.15) is 30.9 Å². The van der Waals surface area contributed by atoms with Gasteiger partial charge in [0, 0.05) is 17.9 Å². The van der Waals surface area contributed by atoms with Gasteiger partial charge in [-0.2, -0.15) is 0 Å². The molecule has 2 fully saturated rings. The number of amides is 2. The van der Waals surface area contributed by atoms with Crippen LogP contribution in [0.4, 0.5) is 5.69 Å². The first-order chi connectivity index (χ1) is 12.6. The highest BCUT2D eigenvalue weighted by Gasteiger charge is 2.52. The summed E-state index contributed by atoms with van der Waals surface area (Å²) in [6.45, 7) is 2.07. The van der Waals surface area contributed by atoms with Crippen LogP contribution in [-0.2, 0) is 16.0 Å². The molecule has 2 aliphatic rings. The molecule has 2 aromatic rings. The Balaban J connectivity index is 1.53. The summed E-state index contributed by atoms with van der Waals surface area (Å²) in [4.78, 5) is 26.8. The normalized spacial score (nSPS) is 24.6. The molecule has 5 heteroatoms. The van der Waals surface area contributed by atoms with Crippen molar-refractivity contribution in [1.82, 2.24) is 4.90 Å². The van der Waals surface area contributed by atoms with Gasteiger partial charge in [0.1, 0.15) is 6.04 Å². The summed E-state index contributed by atoms with van der Waals surface area (Å²) >= 11 is 1.72. The molecular formula is C21H22N2O2S. The number of thioether (sulfide) groups is 1. The quantitative estimate of drug-likeness (QED) is 0.898. The highest BCUT2D eigenvalue weighted by atomic mass is 32.2. The number of carbonyl (C=O) groups is 2. The van der Waals surface area contributed by atoms with E-state index in [-0.39, 0.29) is 22.7 Å². The van der Waals surface area contributed by atoms with E-state index in [0.717, 1.165) is 24.1 Å². The first-order valence-electron chi connectivity index (χ1n) is 8.96. The largest absolute Gasteiger partial charge is 0.324 e. The van der Waals surface area contributed by atoms with Gasteiger partial charge in [0.05, 0.1) is 4.87 Å². The summed E-state index contributed by atoms with van der Waals surface area (Å²) in [6.07, 6.45) is 2.12. The van der Waals surface area contributed by atoms with E-state index in [2.05, 4.69) is 24.4 Å². The minimum absolute atomic E-state index is 0.0861. The van der Waals surface area contributed by atoms with Crippen molar-refractivity contribution in [1.29, 1.82) is 0 Å². The van der Waals surface area contributed by atoms with Crippen LogP contribution >= 0.6 is 11.8 Å². The molecule has 26 heavy (non-hydrogen) atoms. The molecule has 2 aromatic carbocycles. The van der Waals surface area contributed by atoms with Crippen molar-refractivity contribution >= 4 is 29.3 Å². The maximum absolute atomic E-state index is 12.9. The molecule has 2 saturated heterocycles.